The van der Waals surface area contributed by atoms with Crippen molar-refractivity contribution in [1.29, 1.82) is 0 Å². The van der Waals surface area contributed by atoms with Gasteiger partial charge in [-0.15, -0.1) is 0 Å². The summed E-state index contributed by atoms with van der Waals surface area (Å²) in [6.07, 6.45) is 5.88. The number of Topliss-reactive ketones (excluding diaryl/α,β-unsaturated/α-hetero) is 1. The van der Waals surface area contributed by atoms with Gasteiger partial charge in [-0.25, -0.2) is 9.78 Å². The molecule has 0 aliphatic carbocycles. The number of nitrogens with zero attached hydrogens (tertiary/aromatic N) is 1. The average Bonchev–Trinajstić information content (AvgIpc) is 3.12. The summed E-state index contributed by atoms with van der Waals surface area (Å²) in [6.45, 7) is 1.84. The zero-order valence-electron chi connectivity index (χ0n) is 15.2. The van der Waals surface area contributed by atoms with E-state index in [1.807, 2.05) is 30.3 Å². The molecule has 5 heteroatoms. The molecular weight excluding hydrogens is 342 g/mol. The lowest BCUT2D eigenvalue weighted by Crippen LogP contribution is -2.12. The number of carbonyl (C=O) groups excluding carboxylic acids is 2. The van der Waals surface area contributed by atoms with Crippen molar-refractivity contribution in [3.8, 4) is 0 Å². The first-order valence-corrected chi connectivity index (χ1v) is 8.98. The summed E-state index contributed by atoms with van der Waals surface area (Å²) in [5, 5.41) is 0. The van der Waals surface area contributed by atoms with Crippen LogP contribution in [0, 0.1) is 0 Å². The van der Waals surface area contributed by atoms with Crippen LogP contribution in [-0.2, 0) is 16.0 Å². The largest absolute Gasteiger partial charge is 0.454 e. The van der Waals surface area contributed by atoms with Crippen molar-refractivity contribution in [3.63, 3.8) is 0 Å². The second-order valence-electron chi connectivity index (χ2n) is 6.18. The standard InChI is InChI=1S/C22H21NO4/c1-2-3-6-16-9-11-17(12-10-16)19(24)15-26-22(25)14-13-21-23-18-7-4-5-8-20(18)27-21/h4-5,7-14H,2-3,6,15H2,1H3/b14-13+. The van der Waals surface area contributed by atoms with Gasteiger partial charge >= 0.3 is 5.97 Å². The highest BCUT2D eigenvalue weighted by molar-refractivity contribution is 5.98. The molecule has 0 amide bonds. The first-order valence-electron chi connectivity index (χ1n) is 8.98. The molecular formula is C22H21NO4. The molecule has 0 bridgehead atoms. The van der Waals surface area contributed by atoms with Gasteiger partial charge in [-0.05, 0) is 30.5 Å². The van der Waals surface area contributed by atoms with Gasteiger partial charge in [0, 0.05) is 17.7 Å². The Morgan fingerprint density at radius 3 is 2.63 bits per heavy atom. The number of hydrogen-bond donors (Lipinski definition) is 0. The number of fused-ring (bicyclic) bond motifs is 1. The second kappa shape index (κ2) is 8.94. The Labute approximate surface area is 157 Å². The quantitative estimate of drug-likeness (QED) is 0.332. The third-order valence-electron chi connectivity index (χ3n) is 4.11. The minimum absolute atomic E-state index is 0.236. The van der Waals surface area contributed by atoms with Crippen LogP contribution in [0.1, 0.15) is 41.6 Å². The smallest absolute Gasteiger partial charge is 0.331 e. The Bertz CT molecular complexity index is 921. The summed E-state index contributed by atoms with van der Waals surface area (Å²) in [6, 6.07) is 14.7. The number of ketones is 1. The Kier molecular flexibility index (Phi) is 6.15. The number of esters is 1. The van der Waals surface area contributed by atoms with Crippen molar-refractivity contribution >= 4 is 28.9 Å². The molecule has 1 aromatic heterocycles. The normalized spacial score (nSPS) is 11.1. The monoisotopic (exact) mass is 363 g/mol. The number of ether oxygens (including phenoxy) is 1. The molecule has 0 radical (unpaired) electrons. The van der Waals surface area contributed by atoms with Crippen molar-refractivity contribution in [2.45, 2.75) is 26.2 Å². The summed E-state index contributed by atoms with van der Waals surface area (Å²) in [5.41, 5.74) is 3.09. The highest BCUT2D eigenvalue weighted by Crippen LogP contribution is 2.15. The molecule has 1 heterocycles. The highest BCUT2D eigenvalue weighted by atomic mass is 16.5. The Balaban J connectivity index is 1.51. The Morgan fingerprint density at radius 1 is 1.11 bits per heavy atom. The third kappa shape index (κ3) is 5.14. The summed E-state index contributed by atoms with van der Waals surface area (Å²) < 4.78 is 10.5. The molecule has 138 valence electrons. The van der Waals surface area contributed by atoms with Crippen molar-refractivity contribution in [2.75, 3.05) is 6.61 Å². The number of oxazole rings is 1. The molecule has 0 spiro atoms. The van der Waals surface area contributed by atoms with E-state index in [1.54, 1.807) is 18.2 Å². The van der Waals surface area contributed by atoms with E-state index in [4.69, 9.17) is 9.15 Å². The van der Waals surface area contributed by atoms with Gasteiger partial charge in [0.15, 0.2) is 18.0 Å². The van der Waals surface area contributed by atoms with Gasteiger partial charge in [0.1, 0.15) is 5.52 Å². The fraction of sp³-hybridized carbons (Fsp3) is 0.227. The van der Waals surface area contributed by atoms with Gasteiger partial charge in [-0.2, -0.15) is 0 Å². The van der Waals surface area contributed by atoms with E-state index in [9.17, 15) is 9.59 Å². The molecule has 5 nitrogen and oxygen atoms in total. The first kappa shape index (κ1) is 18.6. The lowest BCUT2D eigenvalue weighted by molar-refractivity contribution is -0.136. The van der Waals surface area contributed by atoms with Crippen molar-refractivity contribution < 1.29 is 18.7 Å². The molecule has 0 aliphatic heterocycles. The van der Waals surface area contributed by atoms with Gasteiger partial charge in [-0.3, -0.25) is 4.79 Å². The number of para-hydroxylation sites is 2. The highest BCUT2D eigenvalue weighted by Gasteiger charge is 2.09. The molecule has 0 saturated heterocycles. The van der Waals surface area contributed by atoms with E-state index in [1.165, 1.54) is 17.7 Å². The predicted octanol–water partition coefficient (Wildman–Crippen LogP) is 4.61. The molecule has 27 heavy (non-hydrogen) atoms. The summed E-state index contributed by atoms with van der Waals surface area (Å²) in [7, 11) is 0. The topological polar surface area (TPSA) is 69.4 Å². The van der Waals surface area contributed by atoms with Crippen LogP contribution in [0.4, 0.5) is 0 Å². The summed E-state index contributed by atoms with van der Waals surface area (Å²) in [5.74, 6) is -0.548. The molecule has 0 saturated carbocycles. The molecule has 3 rings (SSSR count). The minimum atomic E-state index is -0.620. The lowest BCUT2D eigenvalue weighted by Gasteiger charge is -2.04. The van der Waals surface area contributed by atoms with Crippen LogP contribution in [0.5, 0.6) is 0 Å². The number of unbranched alkanes of at least 4 members (excludes halogenated alkanes) is 1. The van der Waals surface area contributed by atoms with E-state index in [2.05, 4.69) is 11.9 Å². The molecule has 2 aromatic carbocycles. The number of aryl methyl sites for hydroxylation is 1. The molecule has 0 N–H and O–H groups in total. The van der Waals surface area contributed by atoms with E-state index in [-0.39, 0.29) is 12.4 Å². The summed E-state index contributed by atoms with van der Waals surface area (Å²) in [4.78, 5) is 28.2. The number of carbonyl (C=O) groups is 2. The lowest BCUT2D eigenvalue weighted by atomic mass is 10.0. The minimum Gasteiger partial charge on any atom is -0.454 e. The number of rotatable bonds is 8. The predicted molar refractivity (Wildman–Crippen MR) is 103 cm³/mol. The van der Waals surface area contributed by atoms with Crippen LogP contribution in [0.15, 0.2) is 59.0 Å². The van der Waals surface area contributed by atoms with Crippen LogP contribution in [0.2, 0.25) is 0 Å². The first-order chi connectivity index (χ1) is 13.2. The van der Waals surface area contributed by atoms with Crippen LogP contribution in [0.3, 0.4) is 0 Å². The third-order valence-corrected chi connectivity index (χ3v) is 4.11. The molecule has 0 unspecified atom stereocenters. The maximum atomic E-state index is 12.1. The van der Waals surface area contributed by atoms with Gasteiger partial charge in [-0.1, -0.05) is 49.7 Å². The maximum absolute atomic E-state index is 12.1. The zero-order valence-corrected chi connectivity index (χ0v) is 15.2. The molecule has 3 aromatic rings. The number of aromatic nitrogens is 1. The average molecular weight is 363 g/mol. The van der Waals surface area contributed by atoms with Crippen LogP contribution >= 0.6 is 0 Å². The van der Waals surface area contributed by atoms with Crippen LogP contribution in [-0.4, -0.2) is 23.3 Å². The van der Waals surface area contributed by atoms with E-state index < -0.39 is 5.97 Å². The van der Waals surface area contributed by atoms with Crippen LogP contribution < -0.4 is 0 Å². The van der Waals surface area contributed by atoms with Gasteiger partial charge in [0.25, 0.3) is 0 Å². The fourth-order valence-electron chi connectivity index (χ4n) is 2.61. The van der Waals surface area contributed by atoms with Gasteiger partial charge in [0.05, 0.1) is 0 Å². The molecule has 0 atom stereocenters. The number of hydrogen-bond acceptors (Lipinski definition) is 5. The Morgan fingerprint density at radius 2 is 1.89 bits per heavy atom. The van der Waals surface area contributed by atoms with Crippen molar-refractivity contribution in [1.82, 2.24) is 4.98 Å². The van der Waals surface area contributed by atoms with Crippen molar-refractivity contribution in [3.05, 3.63) is 71.6 Å². The van der Waals surface area contributed by atoms with E-state index >= 15 is 0 Å². The number of benzene rings is 2. The van der Waals surface area contributed by atoms with E-state index in [0.717, 1.165) is 19.3 Å². The SMILES string of the molecule is CCCCc1ccc(C(=O)COC(=O)/C=C/c2nc3ccccc3o2)cc1. The molecule has 0 aliphatic rings. The summed E-state index contributed by atoms with van der Waals surface area (Å²) >= 11 is 0. The second-order valence-corrected chi connectivity index (χ2v) is 6.18. The maximum Gasteiger partial charge on any atom is 0.331 e. The Hall–Kier alpha value is -3.21. The van der Waals surface area contributed by atoms with Gasteiger partial charge < -0.3 is 9.15 Å². The fourth-order valence-corrected chi connectivity index (χ4v) is 2.61. The molecule has 0 fully saturated rings. The van der Waals surface area contributed by atoms with Crippen LogP contribution in [0.25, 0.3) is 17.2 Å². The van der Waals surface area contributed by atoms with Crippen molar-refractivity contribution in [2.24, 2.45) is 0 Å². The van der Waals surface area contributed by atoms with Gasteiger partial charge in [0.2, 0.25) is 5.89 Å². The van der Waals surface area contributed by atoms with E-state index in [0.29, 0.717) is 22.6 Å². The zero-order chi connectivity index (χ0) is 19.1.